The van der Waals surface area contributed by atoms with Crippen molar-refractivity contribution in [1.82, 2.24) is 9.78 Å². The fraction of sp³-hybridized carbons (Fsp3) is 0.571. The van der Waals surface area contributed by atoms with Gasteiger partial charge < -0.3 is 10.5 Å². The van der Waals surface area contributed by atoms with Gasteiger partial charge in [-0.05, 0) is 0 Å². The summed E-state index contributed by atoms with van der Waals surface area (Å²) in [5.41, 5.74) is 6.31. The van der Waals surface area contributed by atoms with E-state index in [-0.39, 0.29) is 6.10 Å². The summed E-state index contributed by atoms with van der Waals surface area (Å²) < 4.78 is 6.81. The van der Waals surface area contributed by atoms with Crippen molar-refractivity contribution in [3.05, 3.63) is 16.9 Å². The monoisotopic (exact) mass is 189 g/mol. The second-order valence-corrected chi connectivity index (χ2v) is 2.87. The highest BCUT2D eigenvalue weighted by atomic mass is 35.5. The van der Waals surface area contributed by atoms with Gasteiger partial charge in [-0.25, -0.2) is 0 Å². The standard InChI is InChI=1S/C7H12ClN3O/c1-11-7(5(8)4-10-11)6(3-9)12-2/h4,6H,3,9H2,1-2H3. The number of halogens is 1. The minimum atomic E-state index is -0.176. The summed E-state index contributed by atoms with van der Waals surface area (Å²) in [5, 5.41) is 4.57. The van der Waals surface area contributed by atoms with Crippen LogP contribution in [0.4, 0.5) is 0 Å². The summed E-state index contributed by atoms with van der Waals surface area (Å²) in [4.78, 5) is 0. The summed E-state index contributed by atoms with van der Waals surface area (Å²) in [6.07, 6.45) is 1.41. The third-order valence-electron chi connectivity index (χ3n) is 1.74. The second kappa shape index (κ2) is 3.89. The molecule has 68 valence electrons. The van der Waals surface area contributed by atoms with Crippen molar-refractivity contribution in [2.45, 2.75) is 6.10 Å². The predicted molar refractivity (Wildman–Crippen MR) is 47.0 cm³/mol. The van der Waals surface area contributed by atoms with Gasteiger partial charge in [-0.2, -0.15) is 5.10 Å². The molecule has 1 atom stereocenters. The molecule has 0 aliphatic heterocycles. The Bertz CT molecular complexity index is 238. The van der Waals surface area contributed by atoms with Gasteiger partial charge in [0, 0.05) is 20.7 Å². The maximum absolute atomic E-state index is 5.88. The van der Waals surface area contributed by atoms with Crippen molar-refractivity contribution in [2.24, 2.45) is 12.8 Å². The van der Waals surface area contributed by atoms with Gasteiger partial charge in [-0.15, -0.1) is 0 Å². The Morgan fingerprint density at radius 3 is 2.83 bits per heavy atom. The topological polar surface area (TPSA) is 53.1 Å². The van der Waals surface area contributed by atoms with Gasteiger partial charge in [-0.1, -0.05) is 11.6 Å². The van der Waals surface area contributed by atoms with Crippen LogP contribution >= 0.6 is 11.6 Å². The zero-order chi connectivity index (χ0) is 9.14. The molecule has 0 saturated heterocycles. The Morgan fingerprint density at radius 2 is 2.50 bits per heavy atom. The summed E-state index contributed by atoms with van der Waals surface area (Å²) in [6, 6.07) is 0. The molecule has 0 aromatic carbocycles. The fourth-order valence-electron chi connectivity index (χ4n) is 1.10. The molecule has 2 N–H and O–H groups in total. The number of ether oxygens (including phenoxy) is 1. The molecule has 0 fully saturated rings. The maximum Gasteiger partial charge on any atom is 0.112 e. The van der Waals surface area contributed by atoms with E-state index < -0.39 is 0 Å². The fourth-order valence-corrected chi connectivity index (χ4v) is 1.39. The first-order chi connectivity index (χ1) is 5.70. The number of hydrogen-bond acceptors (Lipinski definition) is 3. The van der Waals surface area contributed by atoms with Gasteiger partial charge in [-0.3, -0.25) is 4.68 Å². The Hall–Kier alpha value is -0.580. The van der Waals surface area contributed by atoms with E-state index in [4.69, 9.17) is 22.1 Å². The van der Waals surface area contributed by atoms with E-state index in [9.17, 15) is 0 Å². The lowest BCUT2D eigenvalue weighted by molar-refractivity contribution is 0.103. The molecule has 1 rings (SSSR count). The lowest BCUT2D eigenvalue weighted by Crippen LogP contribution is -2.17. The van der Waals surface area contributed by atoms with E-state index in [1.165, 1.54) is 0 Å². The highest BCUT2D eigenvalue weighted by molar-refractivity contribution is 6.31. The van der Waals surface area contributed by atoms with E-state index in [2.05, 4.69) is 5.10 Å². The molecule has 0 amide bonds. The van der Waals surface area contributed by atoms with Crippen molar-refractivity contribution in [2.75, 3.05) is 13.7 Å². The van der Waals surface area contributed by atoms with E-state index in [0.29, 0.717) is 11.6 Å². The maximum atomic E-state index is 5.88. The number of aryl methyl sites for hydroxylation is 1. The molecule has 5 heteroatoms. The van der Waals surface area contributed by atoms with Gasteiger partial charge in [0.25, 0.3) is 0 Å². The van der Waals surface area contributed by atoms with E-state index in [0.717, 1.165) is 5.69 Å². The average Bonchev–Trinajstić information content (AvgIpc) is 2.38. The van der Waals surface area contributed by atoms with Crippen molar-refractivity contribution >= 4 is 11.6 Å². The van der Waals surface area contributed by atoms with Crippen molar-refractivity contribution in [3.63, 3.8) is 0 Å². The molecule has 1 heterocycles. The van der Waals surface area contributed by atoms with E-state index in [1.54, 1.807) is 18.0 Å². The Labute approximate surface area is 76.3 Å². The zero-order valence-corrected chi connectivity index (χ0v) is 7.88. The van der Waals surface area contributed by atoms with Gasteiger partial charge in [0.2, 0.25) is 0 Å². The van der Waals surface area contributed by atoms with Gasteiger partial charge >= 0.3 is 0 Å². The van der Waals surface area contributed by atoms with Crippen molar-refractivity contribution in [1.29, 1.82) is 0 Å². The van der Waals surface area contributed by atoms with Crippen molar-refractivity contribution in [3.8, 4) is 0 Å². The molecule has 4 nitrogen and oxygen atoms in total. The van der Waals surface area contributed by atoms with Gasteiger partial charge in [0.05, 0.1) is 16.9 Å². The van der Waals surface area contributed by atoms with Crippen LogP contribution in [0.2, 0.25) is 5.02 Å². The van der Waals surface area contributed by atoms with Crippen LogP contribution in [-0.4, -0.2) is 23.4 Å². The molecule has 0 radical (unpaired) electrons. The third kappa shape index (κ3) is 1.60. The molecule has 1 aromatic heterocycles. The normalized spacial score (nSPS) is 13.3. The van der Waals surface area contributed by atoms with Gasteiger partial charge in [0.15, 0.2) is 0 Å². The Kier molecular flexibility index (Phi) is 3.08. The van der Waals surface area contributed by atoms with Crippen LogP contribution in [0.25, 0.3) is 0 Å². The number of aromatic nitrogens is 2. The van der Waals surface area contributed by atoms with Crippen LogP contribution in [0, 0.1) is 0 Å². The molecular formula is C7H12ClN3O. The van der Waals surface area contributed by atoms with Gasteiger partial charge in [0.1, 0.15) is 6.10 Å². The molecule has 0 spiro atoms. The molecule has 1 unspecified atom stereocenters. The van der Waals surface area contributed by atoms with Crippen LogP contribution < -0.4 is 5.73 Å². The number of nitrogens with two attached hydrogens (primary N) is 1. The summed E-state index contributed by atoms with van der Waals surface area (Å²) in [6.45, 7) is 0.399. The number of nitrogens with zero attached hydrogens (tertiary/aromatic N) is 2. The summed E-state index contributed by atoms with van der Waals surface area (Å²) >= 11 is 5.88. The molecular weight excluding hydrogens is 178 g/mol. The first kappa shape index (κ1) is 9.51. The van der Waals surface area contributed by atoms with Crippen LogP contribution in [0.5, 0.6) is 0 Å². The number of rotatable bonds is 3. The van der Waals surface area contributed by atoms with Crippen LogP contribution in [-0.2, 0) is 11.8 Å². The molecule has 0 bridgehead atoms. The lowest BCUT2D eigenvalue weighted by atomic mass is 10.2. The highest BCUT2D eigenvalue weighted by Gasteiger charge is 2.16. The third-order valence-corrected chi connectivity index (χ3v) is 2.03. The first-order valence-electron chi connectivity index (χ1n) is 3.61. The molecule has 0 aliphatic rings. The quantitative estimate of drug-likeness (QED) is 0.763. The lowest BCUT2D eigenvalue weighted by Gasteiger charge is -2.13. The summed E-state index contributed by atoms with van der Waals surface area (Å²) in [7, 11) is 3.41. The average molecular weight is 190 g/mol. The molecule has 1 aromatic rings. The minimum absolute atomic E-state index is 0.176. The Morgan fingerprint density at radius 1 is 1.83 bits per heavy atom. The number of methoxy groups -OCH3 is 1. The van der Waals surface area contributed by atoms with E-state index >= 15 is 0 Å². The smallest absolute Gasteiger partial charge is 0.112 e. The zero-order valence-electron chi connectivity index (χ0n) is 7.12. The second-order valence-electron chi connectivity index (χ2n) is 2.46. The minimum Gasteiger partial charge on any atom is -0.374 e. The SMILES string of the molecule is COC(CN)c1c(Cl)cnn1C. The van der Waals surface area contributed by atoms with Crippen molar-refractivity contribution < 1.29 is 4.74 Å². The van der Waals surface area contributed by atoms with Crippen LogP contribution in [0.15, 0.2) is 6.20 Å². The van der Waals surface area contributed by atoms with Crippen LogP contribution in [0.3, 0.4) is 0 Å². The largest absolute Gasteiger partial charge is 0.374 e. The molecule has 0 aliphatic carbocycles. The van der Waals surface area contributed by atoms with Crippen LogP contribution in [0.1, 0.15) is 11.8 Å². The first-order valence-corrected chi connectivity index (χ1v) is 3.98. The highest BCUT2D eigenvalue weighted by Crippen LogP contribution is 2.23. The summed E-state index contributed by atoms with van der Waals surface area (Å²) in [5.74, 6) is 0. The predicted octanol–water partition coefficient (Wildman–Crippen LogP) is 0.720. The molecule has 0 saturated carbocycles. The number of hydrogen-bond donors (Lipinski definition) is 1. The van der Waals surface area contributed by atoms with E-state index in [1.807, 2.05) is 7.05 Å². The molecule has 12 heavy (non-hydrogen) atoms. The Balaban J connectivity index is 2.98.